The number of carboxylic acid groups (broad SMARTS) is 1. The van der Waals surface area contributed by atoms with Crippen molar-refractivity contribution in [2.24, 2.45) is 0 Å². The van der Waals surface area contributed by atoms with Crippen molar-refractivity contribution < 1.29 is 38.5 Å². The zero-order valence-electron chi connectivity index (χ0n) is 28.5. The molecule has 0 amide bonds. The second kappa shape index (κ2) is 16.2. The Hall–Kier alpha value is -6.29. The Balaban J connectivity index is 1.35. The number of rotatable bonds is 14. The maximum Gasteiger partial charge on any atom is 0.330 e. The summed E-state index contributed by atoms with van der Waals surface area (Å²) in [5, 5.41) is 26.2. The number of carbonyl (C=O) groups is 3. The minimum absolute atomic E-state index is 0.0253. The van der Waals surface area contributed by atoms with E-state index in [1.807, 2.05) is 20.8 Å². The number of aliphatic carboxylic acids is 1. The molecule has 270 valence electrons. The highest BCUT2D eigenvalue weighted by atomic mass is 19.1. The van der Waals surface area contributed by atoms with Gasteiger partial charge in [-0.05, 0) is 48.8 Å². The molecule has 5 rings (SSSR count). The molecular weight excluding hydrogens is 677 g/mol. The third-order valence-electron chi connectivity index (χ3n) is 7.74. The summed E-state index contributed by atoms with van der Waals surface area (Å²) in [5.41, 5.74) is 1.76. The number of halogens is 1. The summed E-state index contributed by atoms with van der Waals surface area (Å²) in [4.78, 5) is 64.7. The van der Waals surface area contributed by atoms with Crippen molar-refractivity contribution in [2.45, 2.75) is 51.5 Å². The lowest BCUT2D eigenvalue weighted by Gasteiger charge is -2.17. The molecule has 15 nitrogen and oxygen atoms in total. The van der Waals surface area contributed by atoms with Gasteiger partial charge in [-0.15, -0.1) is 5.10 Å². The molecule has 0 aliphatic heterocycles. The lowest BCUT2D eigenvalue weighted by Crippen LogP contribution is -2.38. The molecule has 0 bridgehead atoms. The summed E-state index contributed by atoms with van der Waals surface area (Å²) >= 11 is 0. The van der Waals surface area contributed by atoms with Crippen LogP contribution >= 0.6 is 0 Å². The maximum atomic E-state index is 13.8. The Morgan fingerprint density at radius 1 is 1.08 bits per heavy atom. The van der Waals surface area contributed by atoms with Crippen LogP contribution in [0.4, 0.5) is 4.39 Å². The number of carbonyl (C=O) groups excluding carboxylic acids is 2. The minimum atomic E-state index is -1.26. The number of aliphatic hydroxyl groups excluding tert-OH is 1. The van der Waals surface area contributed by atoms with Gasteiger partial charge in [-0.1, -0.05) is 56.3 Å². The van der Waals surface area contributed by atoms with E-state index in [-0.39, 0.29) is 39.5 Å². The van der Waals surface area contributed by atoms with Gasteiger partial charge in [-0.3, -0.25) is 14.4 Å². The number of aromatic nitrogens is 7. The van der Waals surface area contributed by atoms with E-state index < -0.39 is 48.5 Å². The van der Waals surface area contributed by atoms with Crippen LogP contribution in [0.2, 0.25) is 0 Å². The number of aryl methyl sites for hydroxylation is 1. The molecule has 5 aromatic rings. The van der Waals surface area contributed by atoms with Crippen molar-refractivity contribution in [3.05, 3.63) is 122 Å². The monoisotopic (exact) mass is 713 g/mol. The predicted molar refractivity (Wildman–Crippen MR) is 183 cm³/mol. The van der Waals surface area contributed by atoms with E-state index in [2.05, 4.69) is 30.2 Å². The molecule has 3 heterocycles. The molecule has 0 saturated heterocycles. The lowest BCUT2D eigenvalue weighted by atomic mass is 9.90. The van der Waals surface area contributed by atoms with E-state index in [1.54, 1.807) is 30.3 Å². The Morgan fingerprint density at radius 3 is 2.54 bits per heavy atom. The van der Waals surface area contributed by atoms with Crippen molar-refractivity contribution in [1.29, 1.82) is 0 Å². The molecule has 1 atom stereocenters. The summed E-state index contributed by atoms with van der Waals surface area (Å²) in [6, 6.07) is 10.5. The third-order valence-corrected chi connectivity index (χ3v) is 7.74. The largest absolute Gasteiger partial charge is 0.480 e. The van der Waals surface area contributed by atoms with Gasteiger partial charge in [0, 0.05) is 34.9 Å². The predicted octanol–water partition coefficient (Wildman–Crippen LogP) is 1.93. The van der Waals surface area contributed by atoms with E-state index >= 15 is 0 Å². The number of imidazole rings is 1. The van der Waals surface area contributed by atoms with Crippen LogP contribution in [0.5, 0.6) is 5.88 Å². The van der Waals surface area contributed by atoms with Gasteiger partial charge in [-0.25, -0.2) is 23.8 Å². The Bertz CT molecular complexity index is 2270. The van der Waals surface area contributed by atoms with Crippen molar-refractivity contribution in [3.63, 3.8) is 0 Å². The molecule has 0 aliphatic carbocycles. The first-order valence-electron chi connectivity index (χ1n) is 16.1. The minimum Gasteiger partial charge on any atom is -0.480 e. The molecular formula is C36H36FN7O8. The molecule has 52 heavy (non-hydrogen) atoms. The molecule has 0 radical (unpaired) electrons. The highest BCUT2D eigenvalue weighted by Gasteiger charge is 2.21. The van der Waals surface area contributed by atoms with Gasteiger partial charge in [0.05, 0.1) is 24.3 Å². The summed E-state index contributed by atoms with van der Waals surface area (Å²) in [6.07, 6.45) is 6.53. The van der Waals surface area contributed by atoms with E-state index in [1.165, 1.54) is 36.8 Å². The number of ketones is 1. The molecule has 0 aliphatic rings. The van der Waals surface area contributed by atoms with Crippen molar-refractivity contribution in [1.82, 2.24) is 34.9 Å². The maximum absolute atomic E-state index is 13.8. The van der Waals surface area contributed by atoms with Gasteiger partial charge in [0.2, 0.25) is 12.7 Å². The first-order valence-corrected chi connectivity index (χ1v) is 16.1. The van der Waals surface area contributed by atoms with Gasteiger partial charge in [0.1, 0.15) is 16.5 Å². The molecule has 1 unspecified atom stereocenters. The van der Waals surface area contributed by atoms with Crippen LogP contribution in [-0.4, -0.2) is 76.3 Å². The molecule has 2 aromatic carbocycles. The second-order valence-corrected chi connectivity index (χ2v) is 12.7. The number of H-pyrrole nitrogens is 2. The number of aliphatic hydroxyl groups is 1. The summed E-state index contributed by atoms with van der Waals surface area (Å²) in [5.74, 6) is -2.87. The van der Waals surface area contributed by atoms with Crippen LogP contribution in [0.15, 0.2) is 65.8 Å². The topological polar surface area (TPSA) is 215 Å². The standard InChI is InChI=1S/C36H36FN7O8/c1-36(2,3)32-26(38-19-39-32)16-28-34(52-20-51-30(46)12-6-11-25-17-44(43-42-25)29(18-45)35(49)50)41-27(33(48)40-28)14-21-7-4-8-22(13-21)31(47)23-9-5-10-24(37)15-23/h4-5,7-10,13-17,19,29,45H,6,11-12,18,20H2,1-3H3,(H,38,39)(H,40,48)(H,49,50)/b27-14-,28-16-. The quantitative estimate of drug-likeness (QED) is 0.0738. The third kappa shape index (κ3) is 9.28. The first-order chi connectivity index (χ1) is 24.8. The molecule has 16 heteroatoms. The average Bonchev–Trinajstić information content (AvgIpc) is 3.77. The average molecular weight is 714 g/mol. The van der Waals surface area contributed by atoms with Crippen LogP contribution < -0.4 is 21.0 Å². The summed E-state index contributed by atoms with van der Waals surface area (Å²) in [7, 11) is 0. The Kier molecular flexibility index (Phi) is 11.5. The number of ether oxygens (including phenoxy) is 2. The number of hydrogen-bond donors (Lipinski definition) is 4. The van der Waals surface area contributed by atoms with Gasteiger partial charge in [0.25, 0.3) is 5.56 Å². The van der Waals surface area contributed by atoms with Crippen molar-refractivity contribution in [2.75, 3.05) is 13.4 Å². The highest BCUT2D eigenvalue weighted by Crippen LogP contribution is 2.23. The fraction of sp³-hybridized carbons (Fsp3) is 0.278. The number of benzene rings is 2. The number of aromatic amines is 2. The van der Waals surface area contributed by atoms with Gasteiger partial charge in [0.15, 0.2) is 11.8 Å². The normalized spacial score (nSPS) is 12.9. The van der Waals surface area contributed by atoms with Gasteiger partial charge < -0.3 is 29.7 Å². The zero-order chi connectivity index (χ0) is 37.4. The van der Waals surface area contributed by atoms with Gasteiger partial charge in [-0.2, -0.15) is 0 Å². The van der Waals surface area contributed by atoms with Crippen LogP contribution in [0.25, 0.3) is 12.2 Å². The number of carboxylic acids is 1. The van der Waals surface area contributed by atoms with Crippen molar-refractivity contribution in [3.8, 4) is 5.88 Å². The molecule has 0 saturated carbocycles. The number of nitrogens with one attached hydrogen (secondary N) is 2. The number of nitrogens with zero attached hydrogens (tertiary/aromatic N) is 5. The van der Waals surface area contributed by atoms with Crippen LogP contribution in [-0.2, 0) is 26.2 Å². The number of esters is 1. The van der Waals surface area contributed by atoms with Crippen LogP contribution in [0.1, 0.15) is 78.2 Å². The van der Waals surface area contributed by atoms with E-state index in [0.29, 0.717) is 29.8 Å². The zero-order valence-corrected chi connectivity index (χ0v) is 28.5. The summed E-state index contributed by atoms with van der Waals surface area (Å²) in [6.45, 7) is 4.77. The van der Waals surface area contributed by atoms with Gasteiger partial charge >= 0.3 is 11.9 Å². The highest BCUT2D eigenvalue weighted by molar-refractivity contribution is 6.09. The van der Waals surface area contributed by atoms with Crippen molar-refractivity contribution >= 4 is 29.9 Å². The van der Waals surface area contributed by atoms with E-state index in [0.717, 1.165) is 16.4 Å². The van der Waals surface area contributed by atoms with E-state index in [4.69, 9.17) is 14.6 Å². The Labute approximate surface area is 295 Å². The first kappa shape index (κ1) is 37.0. The lowest BCUT2D eigenvalue weighted by molar-refractivity contribution is -0.150. The number of hydrogen-bond acceptors (Lipinski definition) is 11. The smallest absolute Gasteiger partial charge is 0.330 e. The summed E-state index contributed by atoms with van der Waals surface area (Å²) < 4.78 is 25.8. The molecule has 4 N–H and O–H groups in total. The Morgan fingerprint density at radius 2 is 1.83 bits per heavy atom. The fourth-order valence-electron chi connectivity index (χ4n) is 5.13. The van der Waals surface area contributed by atoms with E-state index in [9.17, 15) is 28.7 Å². The molecule has 0 spiro atoms. The van der Waals surface area contributed by atoms with Crippen LogP contribution in [0.3, 0.4) is 0 Å². The van der Waals surface area contributed by atoms with Crippen LogP contribution in [0, 0.1) is 5.82 Å². The molecule has 3 aromatic heterocycles. The fourth-order valence-corrected chi connectivity index (χ4v) is 5.13. The molecule has 0 fully saturated rings. The SMILES string of the molecule is CC(C)(C)c1[nH]cnc1/C=c1\[nH]c(=O)/c(=C/c2cccc(C(=O)c3cccc(F)c3)c2)nc1OCOC(=O)CCCc1cn(C(CO)C(=O)O)nn1. The second-order valence-electron chi connectivity index (χ2n) is 12.7.